The van der Waals surface area contributed by atoms with E-state index in [1.54, 1.807) is 0 Å². The zero-order chi connectivity index (χ0) is 16.9. The van der Waals surface area contributed by atoms with Gasteiger partial charge in [-0.25, -0.2) is 4.79 Å². The van der Waals surface area contributed by atoms with Gasteiger partial charge in [-0.05, 0) is 57.9 Å². The van der Waals surface area contributed by atoms with Crippen LogP contribution in [0.25, 0.3) is 0 Å². The van der Waals surface area contributed by atoms with Crippen LogP contribution in [-0.2, 0) is 4.74 Å². The summed E-state index contributed by atoms with van der Waals surface area (Å²) in [6, 6.07) is 0.527. The fourth-order valence-electron chi connectivity index (χ4n) is 3.14. The lowest BCUT2D eigenvalue weighted by Gasteiger charge is -2.35. The summed E-state index contributed by atoms with van der Waals surface area (Å²) in [7, 11) is 0. The number of nitrogens with one attached hydrogen (secondary N) is 1. The molecular formula is C18H36N2O2. The van der Waals surface area contributed by atoms with E-state index >= 15 is 0 Å². The highest BCUT2D eigenvalue weighted by Crippen LogP contribution is 2.21. The first kappa shape index (κ1) is 19.3. The van der Waals surface area contributed by atoms with Crippen LogP contribution in [0.15, 0.2) is 0 Å². The summed E-state index contributed by atoms with van der Waals surface area (Å²) in [5, 5.41) is 3.71. The predicted octanol–water partition coefficient (Wildman–Crippen LogP) is 3.90. The molecule has 1 aliphatic heterocycles. The Morgan fingerprint density at radius 1 is 1.14 bits per heavy atom. The van der Waals surface area contributed by atoms with Gasteiger partial charge in [0.1, 0.15) is 5.60 Å². The Balaban J connectivity index is 2.35. The van der Waals surface area contributed by atoms with E-state index < -0.39 is 5.60 Å². The first-order valence-corrected chi connectivity index (χ1v) is 8.81. The van der Waals surface area contributed by atoms with Crippen LogP contribution in [0.1, 0.15) is 61.3 Å². The summed E-state index contributed by atoms with van der Waals surface area (Å²) in [5.41, 5.74) is -0.409. The van der Waals surface area contributed by atoms with Crippen LogP contribution >= 0.6 is 0 Å². The van der Waals surface area contributed by atoms with E-state index in [9.17, 15) is 4.79 Å². The molecule has 0 saturated carbocycles. The van der Waals surface area contributed by atoms with E-state index in [1.165, 1.54) is 0 Å². The van der Waals surface area contributed by atoms with Crippen LogP contribution in [0.5, 0.6) is 0 Å². The lowest BCUT2D eigenvalue weighted by molar-refractivity contribution is 0.0196. The molecule has 1 amide bonds. The molecule has 0 atom stereocenters. The highest BCUT2D eigenvalue weighted by molar-refractivity contribution is 5.68. The van der Waals surface area contributed by atoms with Crippen LogP contribution in [0.3, 0.4) is 0 Å². The second kappa shape index (κ2) is 8.19. The van der Waals surface area contributed by atoms with Crippen molar-refractivity contribution in [1.82, 2.24) is 10.2 Å². The van der Waals surface area contributed by atoms with Gasteiger partial charge in [-0.15, -0.1) is 0 Å². The molecule has 0 radical (unpaired) electrons. The molecule has 130 valence electrons. The highest BCUT2D eigenvalue weighted by atomic mass is 16.6. The Morgan fingerprint density at radius 3 is 2.05 bits per heavy atom. The highest BCUT2D eigenvalue weighted by Gasteiger charge is 2.27. The van der Waals surface area contributed by atoms with Crippen LogP contribution in [0, 0.1) is 17.8 Å². The first-order valence-electron chi connectivity index (χ1n) is 8.81. The predicted molar refractivity (Wildman–Crippen MR) is 92.0 cm³/mol. The lowest BCUT2D eigenvalue weighted by atomic mass is 9.85. The third-order valence-electron chi connectivity index (χ3n) is 4.50. The second-order valence-electron chi connectivity index (χ2n) is 8.30. The van der Waals surface area contributed by atoms with Crippen molar-refractivity contribution >= 4 is 6.09 Å². The van der Waals surface area contributed by atoms with Crippen molar-refractivity contribution in [2.24, 2.45) is 17.8 Å². The lowest BCUT2D eigenvalue weighted by Crippen LogP contribution is -2.47. The zero-order valence-corrected chi connectivity index (χ0v) is 15.6. The molecule has 1 aliphatic rings. The molecule has 4 heteroatoms. The SMILES string of the molecule is CC(C)C(CNC1CCN(C(=O)OC(C)(C)C)CC1)C(C)C. The van der Waals surface area contributed by atoms with Gasteiger partial charge in [0.2, 0.25) is 0 Å². The van der Waals surface area contributed by atoms with Gasteiger partial charge in [-0.2, -0.15) is 0 Å². The molecule has 0 aromatic heterocycles. The number of nitrogens with zero attached hydrogens (tertiary/aromatic N) is 1. The molecule has 22 heavy (non-hydrogen) atoms. The second-order valence-corrected chi connectivity index (χ2v) is 8.30. The Bertz CT molecular complexity index is 331. The van der Waals surface area contributed by atoms with Gasteiger partial charge in [0.15, 0.2) is 0 Å². The van der Waals surface area contributed by atoms with Crippen molar-refractivity contribution in [2.45, 2.75) is 73.0 Å². The van der Waals surface area contributed by atoms with Crippen LogP contribution in [-0.4, -0.2) is 42.3 Å². The number of hydrogen-bond donors (Lipinski definition) is 1. The fourth-order valence-corrected chi connectivity index (χ4v) is 3.14. The molecular weight excluding hydrogens is 276 g/mol. The molecule has 0 unspecified atom stereocenters. The van der Waals surface area contributed by atoms with Gasteiger partial charge in [0, 0.05) is 19.1 Å². The van der Waals surface area contributed by atoms with Crippen molar-refractivity contribution < 1.29 is 9.53 Å². The smallest absolute Gasteiger partial charge is 0.410 e. The zero-order valence-electron chi connectivity index (χ0n) is 15.6. The molecule has 1 N–H and O–H groups in total. The third-order valence-corrected chi connectivity index (χ3v) is 4.50. The van der Waals surface area contributed by atoms with Gasteiger partial charge in [0.25, 0.3) is 0 Å². The maximum Gasteiger partial charge on any atom is 0.410 e. The molecule has 0 aliphatic carbocycles. The van der Waals surface area contributed by atoms with Crippen molar-refractivity contribution in [2.75, 3.05) is 19.6 Å². The van der Waals surface area contributed by atoms with Gasteiger partial charge in [-0.3, -0.25) is 0 Å². The average Bonchev–Trinajstić information content (AvgIpc) is 2.36. The molecule has 1 saturated heterocycles. The maximum atomic E-state index is 12.0. The summed E-state index contributed by atoms with van der Waals surface area (Å²) >= 11 is 0. The average molecular weight is 312 g/mol. The summed E-state index contributed by atoms with van der Waals surface area (Å²) in [5.74, 6) is 2.12. The summed E-state index contributed by atoms with van der Waals surface area (Å²) < 4.78 is 5.44. The van der Waals surface area contributed by atoms with Crippen molar-refractivity contribution in [3.63, 3.8) is 0 Å². The van der Waals surface area contributed by atoms with Crippen LogP contribution in [0.4, 0.5) is 4.79 Å². The fraction of sp³-hybridized carbons (Fsp3) is 0.944. The number of hydrogen-bond acceptors (Lipinski definition) is 3. The molecule has 1 rings (SSSR count). The van der Waals surface area contributed by atoms with Gasteiger partial charge in [0.05, 0.1) is 0 Å². The Kier molecular flexibility index (Phi) is 7.17. The Hall–Kier alpha value is -0.770. The molecule has 4 nitrogen and oxygen atoms in total. The molecule has 1 heterocycles. The number of piperidine rings is 1. The number of rotatable bonds is 5. The summed E-state index contributed by atoms with van der Waals surface area (Å²) in [4.78, 5) is 13.9. The maximum absolute atomic E-state index is 12.0. The normalized spacial score (nSPS) is 17.6. The molecule has 1 fully saturated rings. The molecule has 0 aromatic carbocycles. The summed E-state index contributed by atoms with van der Waals surface area (Å²) in [6.45, 7) is 17.6. The Labute approximate surface area is 137 Å². The third kappa shape index (κ3) is 6.55. The van der Waals surface area contributed by atoms with E-state index in [1.807, 2.05) is 25.7 Å². The number of carbonyl (C=O) groups is 1. The standard InChI is InChI=1S/C18H36N2O2/c1-13(2)16(14(3)4)12-19-15-8-10-20(11-9-15)17(21)22-18(5,6)7/h13-16,19H,8-12H2,1-7H3. The number of carbonyl (C=O) groups excluding carboxylic acids is 1. The molecule has 0 bridgehead atoms. The minimum atomic E-state index is -0.409. The largest absolute Gasteiger partial charge is 0.444 e. The molecule has 0 spiro atoms. The Morgan fingerprint density at radius 2 is 1.64 bits per heavy atom. The minimum absolute atomic E-state index is 0.173. The monoisotopic (exact) mass is 312 g/mol. The van der Waals surface area contributed by atoms with Gasteiger partial charge < -0.3 is 15.0 Å². The number of likely N-dealkylation sites (tertiary alicyclic amines) is 1. The van der Waals surface area contributed by atoms with E-state index in [0.717, 1.165) is 32.5 Å². The van der Waals surface area contributed by atoms with Gasteiger partial charge in [-0.1, -0.05) is 27.7 Å². The van der Waals surface area contributed by atoms with E-state index in [-0.39, 0.29) is 6.09 Å². The van der Waals surface area contributed by atoms with Crippen LogP contribution < -0.4 is 5.32 Å². The van der Waals surface area contributed by atoms with E-state index in [4.69, 9.17) is 4.74 Å². The topological polar surface area (TPSA) is 41.6 Å². The van der Waals surface area contributed by atoms with Gasteiger partial charge >= 0.3 is 6.09 Å². The van der Waals surface area contributed by atoms with Crippen molar-refractivity contribution in [1.29, 1.82) is 0 Å². The van der Waals surface area contributed by atoms with Crippen molar-refractivity contribution in [3.8, 4) is 0 Å². The summed E-state index contributed by atoms with van der Waals surface area (Å²) in [6.07, 6.45) is 1.86. The first-order chi connectivity index (χ1) is 10.1. The van der Waals surface area contributed by atoms with E-state index in [0.29, 0.717) is 23.8 Å². The van der Waals surface area contributed by atoms with Crippen molar-refractivity contribution in [3.05, 3.63) is 0 Å². The molecule has 0 aromatic rings. The van der Waals surface area contributed by atoms with E-state index in [2.05, 4.69) is 33.0 Å². The minimum Gasteiger partial charge on any atom is -0.444 e. The van der Waals surface area contributed by atoms with Crippen LogP contribution in [0.2, 0.25) is 0 Å². The number of amides is 1. The quantitative estimate of drug-likeness (QED) is 0.837. The number of ether oxygens (including phenoxy) is 1.